The molecule has 0 radical (unpaired) electrons. The van der Waals surface area contributed by atoms with Gasteiger partial charge in [-0.2, -0.15) is 0 Å². The lowest BCUT2D eigenvalue weighted by Crippen LogP contribution is -1.94. The molecule has 6 nitrogen and oxygen atoms in total. The first-order valence-corrected chi connectivity index (χ1v) is 6.91. The summed E-state index contributed by atoms with van der Waals surface area (Å²) in [5.41, 5.74) is -0.0313. The monoisotopic (exact) mass is 350 g/mol. The molecule has 0 saturated heterocycles. The van der Waals surface area contributed by atoms with E-state index in [0.717, 1.165) is 0 Å². The van der Waals surface area contributed by atoms with Gasteiger partial charge in [0.05, 0.1) is 22.7 Å². The topological polar surface area (TPSA) is 89.4 Å². The molecule has 128 valence electrons. The summed E-state index contributed by atoms with van der Waals surface area (Å²) in [4.78, 5) is 10.1. The number of aliphatic hydroxyl groups is 1. The second kappa shape index (κ2) is 6.36. The van der Waals surface area contributed by atoms with Gasteiger partial charge in [0.15, 0.2) is 17.4 Å². The SMILES string of the molecule is O=[N+]([O-])c1ccc(-c2noc(-c3cc(F)c(F)cc3F)c2CO)cc1. The number of non-ortho nitro benzene ring substituents is 1. The molecule has 0 fully saturated rings. The predicted octanol–water partition coefficient (Wildman–Crippen LogP) is 3.83. The Morgan fingerprint density at radius 2 is 1.72 bits per heavy atom. The Morgan fingerprint density at radius 3 is 2.32 bits per heavy atom. The molecular formula is C16H9F3N2O4. The van der Waals surface area contributed by atoms with E-state index in [1.165, 1.54) is 24.3 Å². The number of nitro benzene ring substituents is 1. The van der Waals surface area contributed by atoms with Crippen molar-refractivity contribution in [2.45, 2.75) is 6.61 Å². The molecule has 3 aromatic rings. The first-order chi connectivity index (χ1) is 11.9. The normalized spacial score (nSPS) is 10.9. The highest BCUT2D eigenvalue weighted by molar-refractivity contribution is 5.73. The third-order valence-corrected chi connectivity index (χ3v) is 3.55. The molecule has 0 aliphatic rings. The minimum absolute atomic E-state index is 0.0405. The van der Waals surface area contributed by atoms with Gasteiger partial charge in [0, 0.05) is 23.8 Å². The van der Waals surface area contributed by atoms with Crippen LogP contribution in [-0.4, -0.2) is 15.2 Å². The van der Waals surface area contributed by atoms with Gasteiger partial charge in [0.2, 0.25) is 0 Å². The molecule has 9 heteroatoms. The molecule has 0 atom stereocenters. The summed E-state index contributed by atoms with van der Waals surface area (Å²) in [5, 5.41) is 24.0. The Morgan fingerprint density at radius 1 is 1.08 bits per heavy atom. The van der Waals surface area contributed by atoms with E-state index in [1.54, 1.807) is 0 Å². The maximum absolute atomic E-state index is 13.9. The van der Waals surface area contributed by atoms with Gasteiger partial charge >= 0.3 is 0 Å². The molecule has 0 spiro atoms. The number of rotatable bonds is 4. The number of benzene rings is 2. The van der Waals surface area contributed by atoms with Crippen LogP contribution in [0.5, 0.6) is 0 Å². The number of hydrogen-bond donors (Lipinski definition) is 1. The summed E-state index contributed by atoms with van der Waals surface area (Å²) in [5.74, 6) is -3.98. The van der Waals surface area contributed by atoms with Gasteiger partial charge < -0.3 is 9.63 Å². The van der Waals surface area contributed by atoms with Crippen molar-refractivity contribution in [1.82, 2.24) is 5.16 Å². The first-order valence-electron chi connectivity index (χ1n) is 6.91. The van der Waals surface area contributed by atoms with Gasteiger partial charge in [0.1, 0.15) is 11.5 Å². The van der Waals surface area contributed by atoms with Gasteiger partial charge in [-0.3, -0.25) is 10.1 Å². The van der Waals surface area contributed by atoms with Gasteiger partial charge in [-0.15, -0.1) is 0 Å². The molecular weight excluding hydrogens is 341 g/mol. The molecule has 1 N–H and O–H groups in total. The van der Waals surface area contributed by atoms with Crippen molar-refractivity contribution in [2.24, 2.45) is 0 Å². The van der Waals surface area contributed by atoms with Crippen molar-refractivity contribution in [3.63, 3.8) is 0 Å². The van der Waals surface area contributed by atoms with E-state index >= 15 is 0 Å². The lowest BCUT2D eigenvalue weighted by atomic mass is 10.0. The second-order valence-corrected chi connectivity index (χ2v) is 5.05. The summed E-state index contributed by atoms with van der Waals surface area (Å²) in [6.07, 6.45) is 0. The molecule has 1 heterocycles. The third kappa shape index (κ3) is 2.96. The van der Waals surface area contributed by atoms with Crippen molar-refractivity contribution in [2.75, 3.05) is 0 Å². The minimum Gasteiger partial charge on any atom is -0.391 e. The number of aromatic nitrogens is 1. The van der Waals surface area contributed by atoms with Crippen LogP contribution in [0.3, 0.4) is 0 Å². The summed E-state index contributed by atoms with van der Waals surface area (Å²) < 4.78 is 45.4. The Hall–Kier alpha value is -3.20. The van der Waals surface area contributed by atoms with Crippen LogP contribution in [0.25, 0.3) is 22.6 Å². The van der Waals surface area contributed by atoms with E-state index in [0.29, 0.717) is 17.7 Å². The minimum atomic E-state index is -1.36. The van der Waals surface area contributed by atoms with Crippen LogP contribution in [0.15, 0.2) is 40.9 Å². The van der Waals surface area contributed by atoms with E-state index in [1.807, 2.05) is 0 Å². The van der Waals surface area contributed by atoms with E-state index in [2.05, 4.69) is 5.16 Å². The standard InChI is InChI=1S/C16H9F3N2O4/c17-12-6-14(19)13(18)5-10(12)16-11(7-22)15(20-25-16)8-1-3-9(4-2-8)21(23)24/h1-6,22H,7H2. The van der Waals surface area contributed by atoms with Crippen molar-refractivity contribution >= 4 is 5.69 Å². The molecule has 25 heavy (non-hydrogen) atoms. The Balaban J connectivity index is 2.11. The highest BCUT2D eigenvalue weighted by Crippen LogP contribution is 2.34. The molecule has 2 aromatic carbocycles. The van der Waals surface area contributed by atoms with E-state index in [-0.39, 0.29) is 22.7 Å². The zero-order valence-corrected chi connectivity index (χ0v) is 12.4. The van der Waals surface area contributed by atoms with Crippen LogP contribution in [0.4, 0.5) is 18.9 Å². The Kier molecular flexibility index (Phi) is 4.24. The summed E-state index contributed by atoms with van der Waals surface area (Å²) in [6.45, 7) is -0.621. The number of hydrogen-bond acceptors (Lipinski definition) is 5. The predicted molar refractivity (Wildman–Crippen MR) is 79.8 cm³/mol. The average Bonchev–Trinajstić information content (AvgIpc) is 3.01. The molecule has 0 aliphatic carbocycles. The molecule has 0 saturated carbocycles. The fourth-order valence-corrected chi connectivity index (χ4v) is 2.33. The third-order valence-electron chi connectivity index (χ3n) is 3.55. The molecule has 0 amide bonds. The van der Waals surface area contributed by atoms with Crippen molar-refractivity contribution in [3.05, 3.63) is 69.5 Å². The van der Waals surface area contributed by atoms with Gasteiger partial charge in [-0.1, -0.05) is 5.16 Å². The van der Waals surface area contributed by atoms with Gasteiger partial charge in [-0.25, -0.2) is 13.2 Å². The lowest BCUT2D eigenvalue weighted by Gasteiger charge is -2.03. The summed E-state index contributed by atoms with van der Waals surface area (Å²) in [7, 11) is 0. The van der Waals surface area contributed by atoms with Crippen molar-refractivity contribution in [3.8, 4) is 22.6 Å². The van der Waals surface area contributed by atoms with Crippen LogP contribution in [-0.2, 0) is 6.61 Å². The van der Waals surface area contributed by atoms with Crippen LogP contribution in [0, 0.1) is 27.6 Å². The maximum Gasteiger partial charge on any atom is 0.269 e. The number of nitro groups is 1. The molecule has 1 aromatic heterocycles. The van der Waals surface area contributed by atoms with Gasteiger partial charge in [0.25, 0.3) is 5.69 Å². The van der Waals surface area contributed by atoms with Crippen LogP contribution < -0.4 is 0 Å². The summed E-state index contributed by atoms with van der Waals surface area (Å²) >= 11 is 0. The van der Waals surface area contributed by atoms with E-state index in [9.17, 15) is 28.4 Å². The number of aliphatic hydroxyl groups excluding tert-OH is 1. The number of halogens is 3. The highest BCUT2D eigenvalue weighted by Gasteiger charge is 2.23. The average molecular weight is 350 g/mol. The van der Waals surface area contributed by atoms with Crippen molar-refractivity contribution in [1.29, 1.82) is 0 Å². The molecule has 0 unspecified atom stereocenters. The van der Waals surface area contributed by atoms with Crippen LogP contribution >= 0.6 is 0 Å². The van der Waals surface area contributed by atoms with Crippen LogP contribution in [0.1, 0.15) is 5.56 Å². The summed E-state index contributed by atoms with van der Waals surface area (Å²) in [6, 6.07) is 6.16. The Labute approximate surface area is 138 Å². The van der Waals surface area contributed by atoms with E-state index in [4.69, 9.17) is 4.52 Å². The second-order valence-electron chi connectivity index (χ2n) is 5.05. The quantitative estimate of drug-likeness (QED) is 0.439. The smallest absolute Gasteiger partial charge is 0.269 e. The molecule has 0 aliphatic heterocycles. The fraction of sp³-hybridized carbons (Fsp3) is 0.0625. The zero-order chi connectivity index (χ0) is 18.1. The van der Waals surface area contributed by atoms with Crippen molar-refractivity contribution < 1.29 is 27.7 Å². The maximum atomic E-state index is 13.9. The van der Waals surface area contributed by atoms with Crippen LogP contribution in [0.2, 0.25) is 0 Å². The van der Waals surface area contributed by atoms with Gasteiger partial charge in [-0.05, 0) is 18.2 Å². The van der Waals surface area contributed by atoms with E-state index < -0.39 is 34.5 Å². The molecule has 0 bridgehead atoms. The number of nitrogens with zero attached hydrogens (tertiary/aromatic N) is 2. The fourth-order valence-electron chi connectivity index (χ4n) is 2.33. The zero-order valence-electron chi connectivity index (χ0n) is 12.4. The molecule has 3 rings (SSSR count). The lowest BCUT2D eigenvalue weighted by molar-refractivity contribution is -0.384. The largest absolute Gasteiger partial charge is 0.391 e. The highest BCUT2D eigenvalue weighted by atomic mass is 19.2. The first kappa shape index (κ1) is 16.7. The Bertz CT molecular complexity index is 955.